The third-order valence-electron chi connectivity index (χ3n) is 4.50. The van der Waals surface area contributed by atoms with Gasteiger partial charge < -0.3 is 14.8 Å². The number of hydrogen-bond acceptors (Lipinski definition) is 3. The Bertz CT molecular complexity index is 946. The molecule has 0 aliphatic carbocycles. The molecular weight excluding hydrogens is 485 g/mol. The minimum Gasteiger partial charge on any atom is -0.493 e. The first-order valence-corrected chi connectivity index (χ1v) is 10.6. The largest absolute Gasteiger partial charge is 0.493 e. The van der Waals surface area contributed by atoms with Gasteiger partial charge in [0.2, 0.25) is 0 Å². The van der Waals surface area contributed by atoms with Crippen molar-refractivity contribution in [1.29, 1.82) is 0 Å². The van der Waals surface area contributed by atoms with Crippen LogP contribution in [-0.2, 0) is 19.6 Å². The number of para-hydroxylation sites is 1. The van der Waals surface area contributed by atoms with Crippen molar-refractivity contribution in [2.45, 2.75) is 26.5 Å². The zero-order chi connectivity index (χ0) is 19.9. The monoisotopic (exact) mass is 507 g/mol. The Balaban J connectivity index is 1.75. The average Bonchev–Trinajstić information content (AvgIpc) is 2.72. The van der Waals surface area contributed by atoms with Gasteiger partial charge in [-0.1, -0.05) is 54.9 Å². The molecule has 0 bridgehead atoms. The lowest BCUT2D eigenvalue weighted by molar-refractivity contribution is 0.282. The van der Waals surface area contributed by atoms with E-state index in [0.717, 1.165) is 38.3 Å². The van der Waals surface area contributed by atoms with Crippen LogP contribution in [0.4, 0.5) is 5.69 Å². The Kier molecular flexibility index (Phi) is 7.45. The van der Waals surface area contributed by atoms with Crippen molar-refractivity contribution in [3.63, 3.8) is 0 Å². The molecule has 0 heterocycles. The van der Waals surface area contributed by atoms with Gasteiger partial charge in [-0.2, -0.15) is 0 Å². The Morgan fingerprint density at radius 3 is 2.43 bits per heavy atom. The summed E-state index contributed by atoms with van der Waals surface area (Å²) in [4.78, 5) is 0. The SMILES string of the molecule is CCc1ccccc1NCc1cc(I)c(OCc2ccccc2Cl)c(OC)c1. The Morgan fingerprint density at radius 2 is 1.71 bits per heavy atom. The van der Waals surface area contributed by atoms with E-state index in [2.05, 4.69) is 65.2 Å². The maximum Gasteiger partial charge on any atom is 0.174 e. The summed E-state index contributed by atoms with van der Waals surface area (Å²) in [7, 11) is 1.66. The van der Waals surface area contributed by atoms with Crippen LogP contribution in [0.3, 0.4) is 0 Å². The molecule has 0 aromatic heterocycles. The molecular formula is C23H23ClINO2. The predicted molar refractivity (Wildman–Crippen MR) is 125 cm³/mol. The van der Waals surface area contributed by atoms with Crippen LogP contribution in [0.15, 0.2) is 60.7 Å². The molecule has 146 valence electrons. The van der Waals surface area contributed by atoms with E-state index >= 15 is 0 Å². The molecule has 3 aromatic rings. The number of aryl methyl sites for hydroxylation is 1. The Labute approximate surface area is 185 Å². The van der Waals surface area contributed by atoms with Crippen LogP contribution in [0.25, 0.3) is 0 Å². The van der Waals surface area contributed by atoms with E-state index < -0.39 is 0 Å². The van der Waals surface area contributed by atoms with E-state index in [1.807, 2.05) is 30.3 Å². The van der Waals surface area contributed by atoms with E-state index in [1.165, 1.54) is 5.56 Å². The summed E-state index contributed by atoms with van der Waals surface area (Å²) in [6.45, 7) is 3.28. The average molecular weight is 508 g/mol. The number of nitrogens with one attached hydrogen (secondary N) is 1. The molecule has 3 aromatic carbocycles. The van der Waals surface area contributed by atoms with Gasteiger partial charge in [0, 0.05) is 22.8 Å². The third-order valence-corrected chi connectivity index (χ3v) is 5.67. The Morgan fingerprint density at radius 1 is 1.00 bits per heavy atom. The molecule has 3 nitrogen and oxygen atoms in total. The first-order valence-electron chi connectivity index (χ1n) is 9.16. The molecule has 0 atom stereocenters. The molecule has 0 spiro atoms. The quantitative estimate of drug-likeness (QED) is 0.344. The summed E-state index contributed by atoms with van der Waals surface area (Å²) in [5, 5.41) is 4.23. The molecule has 5 heteroatoms. The summed E-state index contributed by atoms with van der Waals surface area (Å²) >= 11 is 8.52. The maximum atomic E-state index is 6.23. The van der Waals surface area contributed by atoms with Gasteiger partial charge in [0.05, 0.1) is 10.7 Å². The number of methoxy groups -OCH3 is 1. The second-order valence-corrected chi connectivity index (χ2v) is 7.92. The van der Waals surface area contributed by atoms with E-state index in [9.17, 15) is 0 Å². The molecule has 28 heavy (non-hydrogen) atoms. The molecule has 0 fully saturated rings. The van der Waals surface area contributed by atoms with E-state index in [1.54, 1.807) is 7.11 Å². The highest BCUT2D eigenvalue weighted by Gasteiger charge is 2.13. The first kappa shape index (κ1) is 20.8. The van der Waals surface area contributed by atoms with Gasteiger partial charge in [-0.15, -0.1) is 0 Å². The number of anilines is 1. The van der Waals surface area contributed by atoms with Gasteiger partial charge in [0.15, 0.2) is 11.5 Å². The first-order chi connectivity index (χ1) is 13.6. The lowest BCUT2D eigenvalue weighted by Crippen LogP contribution is -2.05. The third kappa shape index (κ3) is 5.11. The van der Waals surface area contributed by atoms with Crippen molar-refractivity contribution in [1.82, 2.24) is 0 Å². The van der Waals surface area contributed by atoms with Crippen LogP contribution in [0.1, 0.15) is 23.6 Å². The fourth-order valence-corrected chi connectivity index (χ4v) is 3.99. The number of halogens is 2. The topological polar surface area (TPSA) is 30.5 Å². The zero-order valence-corrected chi connectivity index (χ0v) is 18.9. The molecule has 0 saturated heterocycles. The van der Waals surface area contributed by atoms with Crippen molar-refractivity contribution in [2.24, 2.45) is 0 Å². The maximum absolute atomic E-state index is 6.23. The molecule has 0 aliphatic rings. The zero-order valence-electron chi connectivity index (χ0n) is 16.0. The van der Waals surface area contributed by atoms with Crippen molar-refractivity contribution in [2.75, 3.05) is 12.4 Å². The minimum absolute atomic E-state index is 0.396. The predicted octanol–water partition coefficient (Wildman–Crippen LogP) is 6.71. The second-order valence-electron chi connectivity index (χ2n) is 6.35. The minimum atomic E-state index is 0.396. The molecule has 0 radical (unpaired) electrons. The highest BCUT2D eigenvalue weighted by molar-refractivity contribution is 14.1. The van der Waals surface area contributed by atoms with Crippen molar-refractivity contribution < 1.29 is 9.47 Å². The van der Waals surface area contributed by atoms with Crippen LogP contribution in [-0.4, -0.2) is 7.11 Å². The number of ether oxygens (including phenoxy) is 2. The highest BCUT2D eigenvalue weighted by Crippen LogP contribution is 2.35. The number of benzene rings is 3. The molecule has 1 N–H and O–H groups in total. The summed E-state index contributed by atoms with van der Waals surface area (Å²) in [5.74, 6) is 1.46. The van der Waals surface area contributed by atoms with Gasteiger partial charge in [0.25, 0.3) is 0 Å². The smallest absolute Gasteiger partial charge is 0.174 e. The lowest BCUT2D eigenvalue weighted by atomic mass is 10.1. The summed E-state index contributed by atoms with van der Waals surface area (Å²) < 4.78 is 12.6. The van der Waals surface area contributed by atoms with Gasteiger partial charge >= 0.3 is 0 Å². The molecule has 0 saturated carbocycles. The number of rotatable bonds is 8. The van der Waals surface area contributed by atoms with E-state index in [0.29, 0.717) is 18.2 Å². The van der Waals surface area contributed by atoms with Gasteiger partial charge in [0.1, 0.15) is 6.61 Å². The molecule has 0 aliphatic heterocycles. The molecule has 3 rings (SSSR count). The van der Waals surface area contributed by atoms with E-state index in [4.69, 9.17) is 21.1 Å². The van der Waals surface area contributed by atoms with Gasteiger partial charge in [-0.25, -0.2) is 0 Å². The lowest BCUT2D eigenvalue weighted by Gasteiger charge is -2.16. The van der Waals surface area contributed by atoms with Crippen LogP contribution in [0.5, 0.6) is 11.5 Å². The fraction of sp³-hybridized carbons (Fsp3) is 0.217. The van der Waals surface area contributed by atoms with E-state index in [-0.39, 0.29) is 0 Å². The van der Waals surface area contributed by atoms with Crippen molar-refractivity contribution in [3.05, 3.63) is 85.9 Å². The second kappa shape index (κ2) is 10.0. The Hall–Kier alpha value is -1.92. The normalized spacial score (nSPS) is 10.6. The van der Waals surface area contributed by atoms with Crippen LogP contribution < -0.4 is 14.8 Å². The van der Waals surface area contributed by atoms with Crippen LogP contribution >= 0.6 is 34.2 Å². The number of hydrogen-bond donors (Lipinski definition) is 1. The molecule has 0 unspecified atom stereocenters. The summed E-state index contributed by atoms with van der Waals surface area (Å²) in [6.07, 6.45) is 0.999. The van der Waals surface area contributed by atoms with Crippen LogP contribution in [0, 0.1) is 3.57 Å². The summed E-state index contributed by atoms with van der Waals surface area (Å²) in [5.41, 5.74) is 4.56. The fourth-order valence-electron chi connectivity index (χ4n) is 2.98. The van der Waals surface area contributed by atoms with Gasteiger partial charge in [-0.05, 0) is 64.4 Å². The molecule has 0 amide bonds. The standard InChI is InChI=1S/C23H23ClINO2/c1-3-17-8-5-7-11-21(17)26-14-16-12-20(25)23(22(13-16)27-2)28-15-18-9-4-6-10-19(18)24/h4-13,26H,3,14-15H2,1-2H3. The summed E-state index contributed by atoms with van der Waals surface area (Å²) in [6, 6.07) is 20.2. The van der Waals surface area contributed by atoms with Gasteiger partial charge in [-0.3, -0.25) is 0 Å². The van der Waals surface area contributed by atoms with Crippen molar-refractivity contribution in [3.8, 4) is 11.5 Å². The van der Waals surface area contributed by atoms with Crippen LogP contribution in [0.2, 0.25) is 5.02 Å². The highest BCUT2D eigenvalue weighted by atomic mass is 127. The van der Waals surface area contributed by atoms with Crippen molar-refractivity contribution >= 4 is 39.9 Å².